The van der Waals surface area contributed by atoms with Gasteiger partial charge in [-0.2, -0.15) is 11.8 Å². The first-order valence-electron chi connectivity index (χ1n) is 8.22. The van der Waals surface area contributed by atoms with Crippen molar-refractivity contribution in [3.8, 4) is 0 Å². The highest BCUT2D eigenvalue weighted by atomic mass is 35.5. The summed E-state index contributed by atoms with van der Waals surface area (Å²) < 4.78 is 5.41. The van der Waals surface area contributed by atoms with E-state index < -0.39 is 0 Å². The topological polar surface area (TPSA) is 49.8 Å². The summed E-state index contributed by atoms with van der Waals surface area (Å²) >= 11 is 7.67. The van der Waals surface area contributed by atoms with Crippen molar-refractivity contribution in [2.24, 2.45) is 0 Å². The van der Waals surface area contributed by atoms with Gasteiger partial charge in [0.1, 0.15) is 0 Å². The van der Waals surface area contributed by atoms with Gasteiger partial charge >= 0.3 is 6.09 Å². The zero-order valence-electron chi connectivity index (χ0n) is 14.8. The molecule has 1 aromatic rings. The van der Waals surface area contributed by atoms with Gasteiger partial charge in [-0.25, -0.2) is 4.79 Å². The average Bonchev–Trinajstić information content (AvgIpc) is 2.49. The van der Waals surface area contributed by atoms with Crippen molar-refractivity contribution >= 4 is 29.5 Å². The Morgan fingerprint density at radius 3 is 2.71 bits per heavy atom. The van der Waals surface area contributed by atoms with E-state index in [9.17, 15) is 4.79 Å². The second kappa shape index (κ2) is 10.9. The summed E-state index contributed by atoms with van der Waals surface area (Å²) in [5, 5.41) is 9.43. The third kappa shape index (κ3) is 8.27. The number of rotatable bonds is 9. The summed E-state index contributed by atoms with van der Waals surface area (Å²) in [6, 6.07) is 7.69. The van der Waals surface area contributed by atoms with Crippen LogP contribution in [-0.4, -0.2) is 52.9 Å². The fraction of sp³-hybridized carbons (Fsp3) is 0.611. The summed E-state index contributed by atoms with van der Waals surface area (Å²) in [7, 11) is 0. The maximum absolute atomic E-state index is 12.4. The van der Waals surface area contributed by atoms with Gasteiger partial charge < -0.3 is 14.7 Å². The van der Waals surface area contributed by atoms with Crippen LogP contribution in [0, 0.1) is 0 Å². The molecule has 1 rings (SSSR count). The second-order valence-electron chi connectivity index (χ2n) is 6.51. The summed E-state index contributed by atoms with van der Waals surface area (Å²) in [5.74, 6) is 1.60. The summed E-state index contributed by atoms with van der Waals surface area (Å²) in [6.07, 6.45) is 1.25. The van der Waals surface area contributed by atoms with E-state index in [-0.39, 0.29) is 18.2 Å². The molecule has 0 aromatic heterocycles. The van der Waals surface area contributed by atoms with Gasteiger partial charge in [0, 0.05) is 22.9 Å². The number of aliphatic hydroxyl groups excluding tert-OH is 1. The molecule has 0 aliphatic rings. The average molecular weight is 374 g/mol. The molecule has 1 aromatic carbocycles. The third-order valence-corrected chi connectivity index (χ3v) is 4.72. The van der Waals surface area contributed by atoms with Crippen LogP contribution in [0.15, 0.2) is 24.3 Å². The Kier molecular flexibility index (Phi) is 9.56. The van der Waals surface area contributed by atoms with Crippen molar-refractivity contribution in [1.82, 2.24) is 4.90 Å². The Morgan fingerprint density at radius 2 is 2.08 bits per heavy atom. The van der Waals surface area contributed by atoms with E-state index in [2.05, 4.69) is 0 Å². The lowest BCUT2D eigenvalue weighted by molar-refractivity contribution is 0.0686. The van der Waals surface area contributed by atoms with Crippen molar-refractivity contribution in [3.63, 3.8) is 0 Å². The normalized spacial score (nSPS) is 11.4. The number of ether oxygens (including phenoxy) is 1. The van der Waals surface area contributed by atoms with E-state index in [0.29, 0.717) is 18.2 Å². The number of hydrogen-bond acceptors (Lipinski definition) is 4. The van der Waals surface area contributed by atoms with Gasteiger partial charge in [-0.05, 0) is 57.1 Å². The van der Waals surface area contributed by atoms with Crippen LogP contribution in [0.5, 0.6) is 0 Å². The largest absolute Gasteiger partial charge is 0.449 e. The molecule has 4 nitrogen and oxygen atoms in total. The Bertz CT molecular complexity index is 505. The molecule has 0 bridgehead atoms. The van der Waals surface area contributed by atoms with E-state index in [1.165, 1.54) is 0 Å². The van der Waals surface area contributed by atoms with Gasteiger partial charge in [-0.15, -0.1) is 0 Å². The van der Waals surface area contributed by atoms with E-state index in [4.69, 9.17) is 21.4 Å². The van der Waals surface area contributed by atoms with Crippen LogP contribution in [0.25, 0.3) is 0 Å². The molecule has 24 heavy (non-hydrogen) atoms. The first kappa shape index (κ1) is 21.1. The van der Waals surface area contributed by atoms with Crippen molar-refractivity contribution < 1.29 is 14.6 Å². The van der Waals surface area contributed by atoms with E-state index >= 15 is 0 Å². The minimum absolute atomic E-state index is 0.186. The quantitative estimate of drug-likeness (QED) is 0.658. The van der Waals surface area contributed by atoms with Crippen LogP contribution < -0.4 is 0 Å². The molecule has 1 N–H and O–H groups in total. The maximum Gasteiger partial charge on any atom is 0.410 e. The minimum Gasteiger partial charge on any atom is -0.449 e. The minimum atomic E-state index is -0.304. The van der Waals surface area contributed by atoms with E-state index in [1.54, 1.807) is 16.7 Å². The summed E-state index contributed by atoms with van der Waals surface area (Å²) in [4.78, 5) is 14.2. The number of amides is 1. The number of hydrogen-bond donors (Lipinski definition) is 1. The molecule has 0 saturated carbocycles. The molecule has 136 valence electrons. The van der Waals surface area contributed by atoms with Crippen LogP contribution in [-0.2, 0) is 11.2 Å². The molecular formula is C18H28ClNO3S. The standard InChI is InChI=1S/C18H28ClNO3S/c1-18(2,3)20(9-8-15-6-4-7-16(19)14-15)17(22)23-11-5-12-24-13-10-21/h4,6-7,14,21H,5,8-13H2,1-3H3. The lowest BCUT2D eigenvalue weighted by atomic mass is 10.1. The van der Waals surface area contributed by atoms with Crippen LogP contribution in [0.1, 0.15) is 32.8 Å². The molecule has 0 saturated heterocycles. The number of benzene rings is 1. The first-order chi connectivity index (χ1) is 11.3. The molecule has 6 heteroatoms. The fourth-order valence-corrected chi connectivity index (χ4v) is 3.07. The summed E-state index contributed by atoms with van der Waals surface area (Å²) in [5.41, 5.74) is 0.798. The number of aliphatic hydroxyl groups is 1. The molecule has 0 radical (unpaired) electrons. The van der Waals surface area contributed by atoms with Crippen LogP contribution in [0.2, 0.25) is 5.02 Å². The van der Waals surface area contributed by atoms with Gasteiger partial charge in [0.05, 0.1) is 13.2 Å². The molecule has 0 unspecified atom stereocenters. The second-order valence-corrected chi connectivity index (χ2v) is 8.17. The highest BCUT2D eigenvalue weighted by molar-refractivity contribution is 7.99. The Hall–Kier alpha value is -0.910. The molecular weight excluding hydrogens is 346 g/mol. The van der Waals surface area contributed by atoms with Gasteiger partial charge in [0.2, 0.25) is 0 Å². The zero-order valence-corrected chi connectivity index (χ0v) is 16.3. The number of carbonyl (C=O) groups is 1. The number of nitrogens with zero attached hydrogens (tertiary/aromatic N) is 1. The van der Waals surface area contributed by atoms with Crippen LogP contribution in [0.3, 0.4) is 0 Å². The maximum atomic E-state index is 12.4. The lowest BCUT2D eigenvalue weighted by Gasteiger charge is -2.34. The van der Waals surface area contributed by atoms with Gasteiger partial charge in [0.15, 0.2) is 0 Å². The van der Waals surface area contributed by atoms with Gasteiger partial charge in [0.25, 0.3) is 0 Å². The van der Waals surface area contributed by atoms with Crippen molar-refractivity contribution in [3.05, 3.63) is 34.9 Å². The van der Waals surface area contributed by atoms with Crippen LogP contribution >= 0.6 is 23.4 Å². The van der Waals surface area contributed by atoms with Crippen molar-refractivity contribution in [2.45, 2.75) is 39.2 Å². The highest BCUT2D eigenvalue weighted by Crippen LogP contribution is 2.17. The monoisotopic (exact) mass is 373 g/mol. The van der Waals surface area contributed by atoms with Crippen molar-refractivity contribution in [1.29, 1.82) is 0 Å². The molecule has 1 amide bonds. The SMILES string of the molecule is CC(C)(C)N(CCc1cccc(Cl)c1)C(=O)OCCCSCCO. The molecule has 0 heterocycles. The Labute approximate surface area is 154 Å². The molecule has 0 aliphatic heterocycles. The van der Waals surface area contributed by atoms with Gasteiger partial charge in [-0.1, -0.05) is 23.7 Å². The smallest absolute Gasteiger partial charge is 0.410 e. The lowest BCUT2D eigenvalue weighted by Crippen LogP contribution is -2.47. The summed E-state index contributed by atoms with van der Waals surface area (Å²) in [6.45, 7) is 7.19. The third-order valence-electron chi connectivity index (χ3n) is 3.44. The number of halogens is 1. The molecule has 0 fully saturated rings. The fourth-order valence-electron chi connectivity index (χ4n) is 2.20. The van der Waals surface area contributed by atoms with Crippen molar-refractivity contribution in [2.75, 3.05) is 31.3 Å². The van der Waals surface area contributed by atoms with Crippen LogP contribution in [0.4, 0.5) is 4.79 Å². The first-order valence-corrected chi connectivity index (χ1v) is 9.75. The van der Waals surface area contributed by atoms with E-state index in [1.807, 2.05) is 45.0 Å². The molecule has 0 aliphatic carbocycles. The zero-order chi connectivity index (χ0) is 18.0. The highest BCUT2D eigenvalue weighted by Gasteiger charge is 2.27. The predicted octanol–water partition coefficient (Wildman–Crippen LogP) is 4.24. The Morgan fingerprint density at radius 1 is 1.33 bits per heavy atom. The van der Waals surface area contributed by atoms with E-state index in [0.717, 1.165) is 29.9 Å². The molecule has 0 spiro atoms. The predicted molar refractivity (Wildman–Crippen MR) is 102 cm³/mol. The Balaban J connectivity index is 2.48. The number of carbonyl (C=O) groups excluding carboxylic acids is 1. The van der Waals surface area contributed by atoms with Gasteiger partial charge in [-0.3, -0.25) is 0 Å². The number of thioether (sulfide) groups is 1. The molecule has 0 atom stereocenters.